The number of methoxy groups -OCH3 is 1. The molecule has 4 rings (SSSR count). The molecule has 1 fully saturated rings. The third-order valence-corrected chi connectivity index (χ3v) is 5.27. The van der Waals surface area contributed by atoms with E-state index in [0.29, 0.717) is 43.3 Å². The molecule has 0 saturated carbocycles. The number of nitrogens with zero attached hydrogens (tertiary/aromatic N) is 3. The Morgan fingerprint density at radius 3 is 2.47 bits per heavy atom. The minimum Gasteiger partial charge on any atom is -0.464 e. The number of furan rings is 1. The van der Waals surface area contributed by atoms with E-state index in [-0.39, 0.29) is 24.0 Å². The van der Waals surface area contributed by atoms with E-state index in [1.807, 2.05) is 4.90 Å². The molecule has 0 aliphatic carbocycles. The van der Waals surface area contributed by atoms with Crippen molar-refractivity contribution in [2.24, 2.45) is 0 Å². The summed E-state index contributed by atoms with van der Waals surface area (Å²) in [4.78, 5) is 28.8. The summed E-state index contributed by atoms with van der Waals surface area (Å²) in [5, 5.41) is 0. The summed E-state index contributed by atoms with van der Waals surface area (Å²) >= 11 is 0. The standard InChI is InChI=1S/C22H22FN3O4/c1-29-22(28)19-9-8-18(20-7-4-14-30-20)26(19)15-21(27)25-12-10-24(11-13-25)17-6-3-2-5-16(17)23/h2-9,14H,10-13,15H2,1H3. The van der Waals surface area contributed by atoms with Crippen molar-refractivity contribution < 1.29 is 23.1 Å². The van der Waals surface area contributed by atoms with Gasteiger partial charge in [-0.2, -0.15) is 0 Å². The predicted octanol–water partition coefficient (Wildman–Crippen LogP) is 3.02. The van der Waals surface area contributed by atoms with Gasteiger partial charge < -0.3 is 23.5 Å². The van der Waals surface area contributed by atoms with Gasteiger partial charge in [0.15, 0.2) is 0 Å². The quantitative estimate of drug-likeness (QED) is 0.604. The van der Waals surface area contributed by atoms with E-state index < -0.39 is 5.97 Å². The Labute approximate surface area is 173 Å². The van der Waals surface area contributed by atoms with Gasteiger partial charge in [-0.25, -0.2) is 9.18 Å². The fraction of sp³-hybridized carbons (Fsp3) is 0.273. The Morgan fingerprint density at radius 2 is 1.80 bits per heavy atom. The second-order valence-electron chi connectivity index (χ2n) is 6.98. The first-order chi connectivity index (χ1) is 14.6. The molecule has 156 valence electrons. The number of carbonyl (C=O) groups is 2. The summed E-state index contributed by atoms with van der Waals surface area (Å²) in [6.45, 7) is 1.99. The first kappa shape index (κ1) is 19.8. The maximum absolute atomic E-state index is 14.0. The van der Waals surface area contributed by atoms with Gasteiger partial charge in [-0.05, 0) is 36.4 Å². The Morgan fingerprint density at radius 1 is 1.03 bits per heavy atom. The van der Waals surface area contributed by atoms with Crippen LogP contribution in [-0.2, 0) is 16.1 Å². The highest BCUT2D eigenvalue weighted by atomic mass is 19.1. The molecule has 0 radical (unpaired) electrons. The summed E-state index contributed by atoms with van der Waals surface area (Å²) in [6, 6.07) is 13.5. The van der Waals surface area contributed by atoms with Gasteiger partial charge in [0.25, 0.3) is 0 Å². The Kier molecular flexibility index (Phi) is 5.56. The molecule has 0 bridgehead atoms. The van der Waals surface area contributed by atoms with Gasteiger partial charge >= 0.3 is 5.97 Å². The molecule has 0 spiro atoms. The molecule has 8 heteroatoms. The largest absolute Gasteiger partial charge is 0.464 e. The van der Waals surface area contributed by atoms with Crippen LogP contribution in [0.3, 0.4) is 0 Å². The average Bonchev–Trinajstić information content (AvgIpc) is 3.43. The van der Waals surface area contributed by atoms with Crippen molar-refractivity contribution >= 4 is 17.6 Å². The lowest BCUT2D eigenvalue weighted by atomic mass is 10.2. The van der Waals surface area contributed by atoms with Crippen molar-refractivity contribution in [3.05, 3.63) is 66.3 Å². The number of benzene rings is 1. The summed E-state index contributed by atoms with van der Waals surface area (Å²) in [7, 11) is 1.30. The summed E-state index contributed by atoms with van der Waals surface area (Å²) in [5.41, 5.74) is 1.45. The molecule has 2 aromatic heterocycles. The number of piperazine rings is 1. The third-order valence-electron chi connectivity index (χ3n) is 5.27. The molecule has 3 aromatic rings. The molecular formula is C22H22FN3O4. The van der Waals surface area contributed by atoms with Crippen molar-refractivity contribution in [3.8, 4) is 11.5 Å². The van der Waals surface area contributed by atoms with E-state index >= 15 is 0 Å². The van der Waals surface area contributed by atoms with Crippen LogP contribution < -0.4 is 4.90 Å². The van der Waals surface area contributed by atoms with Crippen LogP contribution in [0, 0.1) is 5.82 Å². The second-order valence-corrected chi connectivity index (χ2v) is 6.98. The molecular weight excluding hydrogens is 389 g/mol. The molecule has 30 heavy (non-hydrogen) atoms. The highest BCUT2D eigenvalue weighted by molar-refractivity contribution is 5.90. The zero-order chi connectivity index (χ0) is 21.1. The van der Waals surface area contributed by atoms with Crippen LogP contribution in [0.2, 0.25) is 0 Å². The van der Waals surface area contributed by atoms with Gasteiger partial charge in [0.05, 0.1) is 24.8 Å². The summed E-state index contributed by atoms with van der Waals surface area (Å²) in [6.07, 6.45) is 1.54. The van der Waals surface area contributed by atoms with Crippen molar-refractivity contribution in [3.63, 3.8) is 0 Å². The summed E-state index contributed by atoms with van der Waals surface area (Å²) in [5.74, 6) is -0.361. The number of hydrogen-bond acceptors (Lipinski definition) is 5. The highest BCUT2D eigenvalue weighted by Crippen LogP contribution is 2.25. The molecule has 1 aliphatic rings. The van der Waals surface area contributed by atoms with Crippen LogP contribution in [0.25, 0.3) is 11.5 Å². The van der Waals surface area contributed by atoms with E-state index in [0.717, 1.165) is 0 Å². The Hall–Kier alpha value is -3.55. The molecule has 1 aliphatic heterocycles. The number of halogens is 1. The summed E-state index contributed by atoms with van der Waals surface area (Å²) < 4.78 is 25.9. The van der Waals surface area contributed by atoms with Crippen molar-refractivity contribution in [1.82, 2.24) is 9.47 Å². The van der Waals surface area contributed by atoms with E-state index in [1.165, 1.54) is 19.4 Å². The van der Waals surface area contributed by atoms with Crippen molar-refractivity contribution in [1.29, 1.82) is 0 Å². The Bertz CT molecular complexity index is 1040. The predicted molar refractivity (Wildman–Crippen MR) is 109 cm³/mol. The minimum absolute atomic E-state index is 0.0207. The van der Waals surface area contributed by atoms with Gasteiger partial charge in [0, 0.05) is 26.2 Å². The van der Waals surface area contributed by atoms with Crippen LogP contribution >= 0.6 is 0 Å². The fourth-order valence-corrected chi connectivity index (χ4v) is 3.70. The van der Waals surface area contributed by atoms with E-state index in [4.69, 9.17) is 9.15 Å². The monoisotopic (exact) mass is 411 g/mol. The second kappa shape index (κ2) is 8.44. The number of amides is 1. The minimum atomic E-state index is -0.523. The number of rotatable bonds is 5. The van der Waals surface area contributed by atoms with Gasteiger partial charge in [-0.3, -0.25) is 4.79 Å². The zero-order valence-electron chi connectivity index (χ0n) is 16.6. The van der Waals surface area contributed by atoms with Crippen LogP contribution in [0.1, 0.15) is 10.5 Å². The maximum Gasteiger partial charge on any atom is 0.354 e. The van der Waals surface area contributed by atoms with Crippen molar-refractivity contribution in [2.75, 3.05) is 38.2 Å². The number of para-hydroxylation sites is 1. The highest BCUT2D eigenvalue weighted by Gasteiger charge is 2.25. The lowest BCUT2D eigenvalue weighted by Gasteiger charge is -2.36. The zero-order valence-corrected chi connectivity index (χ0v) is 16.6. The molecule has 0 N–H and O–H groups in total. The third kappa shape index (κ3) is 3.80. The molecule has 1 amide bonds. The molecule has 0 unspecified atom stereocenters. The van der Waals surface area contributed by atoms with Crippen molar-refractivity contribution in [2.45, 2.75) is 6.54 Å². The van der Waals surface area contributed by atoms with Gasteiger partial charge in [-0.15, -0.1) is 0 Å². The number of carbonyl (C=O) groups excluding carboxylic acids is 2. The van der Waals surface area contributed by atoms with E-state index in [2.05, 4.69) is 0 Å². The average molecular weight is 411 g/mol. The molecule has 1 saturated heterocycles. The molecule has 3 heterocycles. The normalized spacial score (nSPS) is 14.1. The van der Waals surface area contributed by atoms with E-state index in [9.17, 15) is 14.0 Å². The number of hydrogen-bond donors (Lipinski definition) is 0. The van der Waals surface area contributed by atoms with Crippen LogP contribution in [-0.4, -0.2) is 54.6 Å². The van der Waals surface area contributed by atoms with Crippen LogP contribution in [0.4, 0.5) is 10.1 Å². The van der Waals surface area contributed by atoms with Gasteiger partial charge in [0.1, 0.15) is 23.8 Å². The topological polar surface area (TPSA) is 67.9 Å². The number of aromatic nitrogens is 1. The van der Waals surface area contributed by atoms with Crippen LogP contribution in [0.5, 0.6) is 0 Å². The molecule has 1 aromatic carbocycles. The van der Waals surface area contributed by atoms with E-state index in [1.54, 1.807) is 51.9 Å². The first-order valence-electron chi connectivity index (χ1n) is 9.67. The lowest BCUT2D eigenvalue weighted by molar-refractivity contribution is -0.132. The number of esters is 1. The first-order valence-corrected chi connectivity index (χ1v) is 9.67. The Balaban J connectivity index is 1.49. The molecule has 0 atom stereocenters. The SMILES string of the molecule is COC(=O)c1ccc(-c2ccco2)n1CC(=O)N1CCN(c2ccccc2F)CC1. The number of anilines is 1. The van der Waals surface area contributed by atoms with Gasteiger partial charge in [0.2, 0.25) is 5.91 Å². The van der Waals surface area contributed by atoms with Gasteiger partial charge in [-0.1, -0.05) is 12.1 Å². The fourth-order valence-electron chi connectivity index (χ4n) is 3.70. The maximum atomic E-state index is 14.0. The molecule has 7 nitrogen and oxygen atoms in total. The lowest BCUT2D eigenvalue weighted by Crippen LogP contribution is -2.50. The number of ether oxygens (including phenoxy) is 1. The smallest absolute Gasteiger partial charge is 0.354 e. The van der Waals surface area contributed by atoms with Crippen LogP contribution in [0.15, 0.2) is 59.2 Å².